The number of fused-ring (bicyclic) bond motifs is 1. The Morgan fingerprint density at radius 3 is 2.55 bits per heavy atom. The van der Waals surface area contributed by atoms with E-state index in [1.165, 1.54) is 0 Å². The summed E-state index contributed by atoms with van der Waals surface area (Å²) in [6, 6.07) is -0.0307. The van der Waals surface area contributed by atoms with Crippen LogP contribution in [0, 0.1) is 13.8 Å². The number of pyridine rings is 1. The summed E-state index contributed by atoms with van der Waals surface area (Å²) in [4.78, 5) is 31.0. The molecule has 2 rings (SSSR count). The van der Waals surface area contributed by atoms with Crippen LogP contribution in [0.3, 0.4) is 0 Å². The van der Waals surface area contributed by atoms with Gasteiger partial charge in [0, 0.05) is 18.3 Å². The Morgan fingerprint density at radius 2 is 2.00 bits per heavy atom. The third-order valence-electron chi connectivity index (χ3n) is 3.89. The molecule has 0 radical (unpaired) electrons. The molecule has 0 saturated heterocycles. The van der Waals surface area contributed by atoms with E-state index in [-0.39, 0.29) is 6.04 Å². The Hall–Kier alpha value is -1.95. The van der Waals surface area contributed by atoms with Crippen molar-refractivity contribution in [3.05, 3.63) is 37.7 Å². The van der Waals surface area contributed by atoms with Gasteiger partial charge >= 0.3 is 5.69 Å². The van der Waals surface area contributed by atoms with Crippen molar-refractivity contribution in [1.29, 1.82) is 0 Å². The van der Waals surface area contributed by atoms with Gasteiger partial charge in [-0.1, -0.05) is 6.92 Å². The van der Waals surface area contributed by atoms with Crippen LogP contribution in [0.15, 0.2) is 9.59 Å². The van der Waals surface area contributed by atoms with Crippen LogP contribution in [0.4, 0.5) is 0 Å². The molecule has 1 atom stereocenters. The first kappa shape index (κ1) is 14.5. The summed E-state index contributed by atoms with van der Waals surface area (Å²) in [6.45, 7) is 7.94. The fourth-order valence-corrected chi connectivity index (χ4v) is 2.53. The summed E-state index contributed by atoms with van der Waals surface area (Å²) in [6.07, 6.45) is 0.777. The van der Waals surface area contributed by atoms with Crippen LogP contribution in [0.2, 0.25) is 0 Å². The number of hydrogen-bond acceptors (Lipinski definition) is 4. The maximum Gasteiger partial charge on any atom is 0.330 e. The van der Waals surface area contributed by atoms with Crippen molar-refractivity contribution in [3.63, 3.8) is 0 Å². The van der Waals surface area contributed by atoms with E-state index in [1.807, 2.05) is 27.7 Å². The fraction of sp³-hybridized carbons (Fsp3) is 0.500. The van der Waals surface area contributed by atoms with Crippen LogP contribution in [0.5, 0.6) is 0 Å². The molecule has 20 heavy (non-hydrogen) atoms. The number of nitrogens with one attached hydrogen (secondary N) is 1. The van der Waals surface area contributed by atoms with Gasteiger partial charge in [-0.15, -0.1) is 0 Å². The standard InChI is InChI=1S/C14H20N4O2/c1-5-7(2)18-12-11(13(19)17-14(18)20)8(3)10(6-15)9(4)16-12/h7H,5-6,15H2,1-4H3,(H,17,19,20). The van der Waals surface area contributed by atoms with Gasteiger partial charge in [0.05, 0.1) is 5.39 Å². The van der Waals surface area contributed by atoms with Gasteiger partial charge < -0.3 is 5.73 Å². The van der Waals surface area contributed by atoms with Gasteiger partial charge in [-0.25, -0.2) is 9.78 Å². The lowest BCUT2D eigenvalue weighted by Crippen LogP contribution is -2.33. The minimum absolute atomic E-state index is 0.0307. The number of H-pyrrole nitrogens is 1. The van der Waals surface area contributed by atoms with E-state index in [4.69, 9.17) is 5.73 Å². The van der Waals surface area contributed by atoms with Crippen molar-refractivity contribution in [1.82, 2.24) is 14.5 Å². The molecular weight excluding hydrogens is 256 g/mol. The first-order chi connectivity index (χ1) is 9.42. The highest BCUT2D eigenvalue weighted by molar-refractivity contribution is 5.79. The van der Waals surface area contributed by atoms with E-state index < -0.39 is 11.2 Å². The van der Waals surface area contributed by atoms with Crippen molar-refractivity contribution in [2.24, 2.45) is 5.73 Å². The molecule has 1 unspecified atom stereocenters. The molecule has 2 heterocycles. The summed E-state index contributed by atoms with van der Waals surface area (Å²) in [5.74, 6) is 0. The van der Waals surface area contributed by atoms with E-state index in [0.29, 0.717) is 17.6 Å². The first-order valence-corrected chi connectivity index (χ1v) is 6.77. The van der Waals surface area contributed by atoms with E-state index >= 15 is 0 Å². The van der Waals surface area contributed by atoms with Crippen molar-refractivity contribution < 1.29 is 0 Å². The monoisotopic (exact) mass is 276 g/mol. The number of aryl methyl sites for hydroxylation is 2. The predicted octanol–water partition coefficient (Wildman–Crippen LogP) is 1.13. The third kappa shape index (κ3) is 2.06. The summed E-state index contributed by atoms with van der Waals surface area (Å²) in [5.41, 5.74) is 7.78. The van der Waals surface area contributed by atoms with E-state index in [9.17, 15) is 9.59 Å². The molecule has 6 heteroatoms. The summed E-state index contributed by atoms with van der Waals surface area (Å²) in [7, 11) is 0. The zero-order valence-electron chi connectivity index (χ0n) is 12.3. The number of nitrogens with two attached hydrogens (primary N) is 1. The van der Waals surface area contributed by atoms with E-state index in [1.54, 1.807) is 4.57 Å². The van der Waals surface area contributed by atoms with Crippen LogP contribution >= 0.6 is 0 Å². The summed E-state index contributed by atoms with van der Waals surface area (Å²) in [5, 5.41) is 0.455. The molecule has 0 amide bonds. The molecular formula is C14H20N4O2. The Bertz CT molecular complexity index is 773. The Labute approximate surface area is 116 Å². The number of aromatic amines is 1. The van der Waals surface area contributed by atoms with Crippen LogP contribution < -0.4 is 17.0 Å². The van der Waals surface area contributed by atoms with Gasteiger partial charge in [-0.05, 0) is 38.3 Å². The van der Waals surface area contributed by atoms with Crippen LogP contribution in [-0.4, -0.2) is 14.5 Å². The topological polar surface area (TPSA) is 93.8 Å². The zero-order valence-corrected chi connectivity index (χ0v) is 12.3. The first-order valence-electron chi connectivity index (χ1n) is 6.77. The number of aromatic nitrogens is 3. The molecule has 0 spiro atoms. The van der Waals surface area contributed by atoms with Gasteiger partial charge in [0.15, 0.2) is 0 Å². The second-order valence-electron chi connectivity index (χ2n) is 5.09. The van der Waals surface area contributed by atoms with Gasteiger partial charge in [-0.3, -0.25) is 14.3 Å². The van der Waals surface area contributed by atoms with Gasteiger partial charge in [0.1, 0.15) is 5.65 Å². The van der Waals surface area contributed by atoms with Gasteiger partial charge in [0.25, 0.3) is 5.56 Å². The van der Waals surface area contributed by atoms with Crippen molar-refractivity contribution in [2.75, 3.05) is 0 Å². The second kappa shape index (κ2) is 5.20. The van der Waals surface area contributed by atoms with E-state index in [0.717, 1.165) is 23.2 Å². The minimum Gasteiger partial charge on any atom is -0.326 e. The highest BCUT2D eigenvalue weighted by Crippen LogP contribution is 2.21. The largest absolute Gasteiger partial charge is 0.330 e. The molecule has 108 valence electrons. The molecule has 0 aromatic carbocycles. The number of hydrogen-bond donors (Lipinski definition) is 2. The predicted molar refractivity (Wildman–Crippen MR) is 79.0 cm³/mol. The molecule has 0 bridgehead atoms. The molecule has 6 nitrogen and oxygen atoms in total. The summed E-state index contributed by atoms with van der Waals surface area (Å²) >= 11 is 0. The molecule has 2 aromatic heterocycles. The zero-order chi connectivity index (χ0) is 15.0. The van der Waals surface area contributed by atoms with Crippen LogP contribution in [0.25, 0.3) is 11.0 Å². The molecule has 3 N–H and O–H groups in total. The number of nitrogens with zero attached hydrogens (tertiary/aromatic N) is 2. The Kier molecular flexibility index (Phi) is 3.76. The molecule has 0 aliphatic carbocycles. The SMILES string of the molecule is CCC(C)n1c(=O)[nH]c(=O)c2c(C)c(CN)c(C)nc21. The average molecular weight is 276 g/mol. The average Bonchev–Trinajstić information content (AvgIpc) is 2.37. The second-order valence-corrected chi connectivity index (χ2v) is 5.09. The Balaban J connectivity index is 3.04. The summed E-state index contributed by atoms with van der Waals surface area (Å²) < 4.78 is 1.55. The van der Waals surface area contributed by atoms with Crippen LogP contribution in [-0.2, 0) is 6.54 Å². The number of rotatable bonds is 3. The minimum atomic E-state index is -0.413. The van der Waals surface area contributed by atoms with Crippen LogP contribution in [0.1, 0.15) is 43.1 Å². The molecule has 0 aliphatic rings. The lowest BCUT2D eigenvalue weighted by molar-refractivity contribution is 0.516. The fourth-order valence-electron chi connectivity index (χ4n) is 2.53. The van der Waals surface area contributed by atoms with E-state index in [2.05, 4.69) is 9.97 Å². The van der Waals surface area contributed by atoms with Crippen molar-refractivity contribution in [2.45, 2.75) is 46.7 Å². The van der Waals surface area contributed by atoms with Gasteiger partial charge in [-0.2, -0.15) is 0 Å². The lowest BCUT2D eigenvalue weighted by Gasteiger charge is -2.17. The normalized spacial score (nSPS) is 12.8. The lowest BCUT2D eigenvalue weighted by atomic mass is 10.0. The Morgan fingerprint density at radius 1 is 1.35 bits per heavy atom. The third-order valence-corrected chi connectivity index (χ3v) is 3.89. The maximum atomic E-state index is 12.1. The highest BCUT2D eigenvalue weighted by atomic mass is 16.2. The maximum absolute atomic E-state index is 12.1. The molecule has 0 fully saturated rings. The van der Waals surface area contributed by atoms with Crippen molar-refractivity contribution >= 4 is 11.0 Å². The molecule has 0 saturated carbocycles. The quantitative estimate of drug-likeness (QED) is 0.878. The van der Waals surface area contributed by atoms with Gasteiger partial charge in [0.2, 0.25) is 0 Å². The molecule has 0 aliphatic heterocycles. The highest BCUT2D eigenvalue weighted by Gasteiger charge is 2.17. The molecule has 2 aromatic rings. The van der Waals surface area contributed by atoms with Crippen molar-refractivity contribution in [3.8, 4) is 0 Å². The smallest absolute Gasteiger partial charge is 0.326 e.